The molecule has 0 bridgehead atoms. The topological polar surface area (TPSA) is 54.7 Å². The first-order valence-corrected chi connectivity index (χ1v) is 5.95. The lowest BCUT2D eigenvalue weighted by Crippen LogP contribution is -2.31. The maximum atomic E-state index is 12.5. The first kappa shape index (κ1) is 17.5. The Morgan fingerprint density at radius 2 is 1.72 bits per heavy atom. The molecule has 1 aromatic rings. The summed E-state index contributed by atoms with van der Waals surface area (Å²) in [5.74, 6) is 1.30. The van der Waals surface area contributed by atoms with Crippen molar-refractivity contribution in [2.75, 3.05) is 0 Å². The molecule has 18 heavy (non-hydrogen) atoms. The van der Waals surface area contributed by atoms with E-state index >= 15 is 0 Å². The van der Waals surface area contributed by atoms with Gasteiger partial charge in [-0.1, -0.05) is 27.7 Å². The highest BCUT2D eigenvalue weighted by Crippen LogP contribution is 2.22. The molecule has 1 heterocycles. The van der Waals surface area contributed by atoms with Crippen molar-refractivity contribution in [3.63, 3.8) is 0 Å². The van der Waals surface area contributed by atoms with Crippen molar-refractivity contribution in [2.24, 2.45) is 5.73 Å². The number of rotatable bonds is 5. The van der Waals surface area contributed by atoms with Gasteiger partial charge in [0.2, 0.25) is 0 Å². The minimum atomic E-state index is -2.50. The number of aromatic nitrogens is 2. The van der Waals surface area contributed by atoms with E-state index in [1.54, 1.807) is 0 Å². The molecule has 106 valence electrons. The number of nitrogens with one attached hydrogen (secondary N) is 1. The predicted octanol–water partition coefficient (Wildman–Crippen LogP) is 3.37. The van der Waals surface area contributed by atoms with E-state index in [9.17, 15) is 8.78 Å². The van der Waals surface area contributed by atoms with Gasteiger partial charge in [-0.2, -0.15) is 0 Å². The van der Waals surface area contributed by atoms with E-state index in [0.717, 1.165) is 17.2 Å². The standard InChI is InChI=1S/C12H21F2N3.BrH/c1-6(2)10-9(5-8(15)11(13)14)16-12(17-10)7(3)4;/h6-8,11H,5,15H2,1-4H3,(H,16,17);1H. The number of hydrogen-bond donors (Lipinski definition) is 2. The number of aromatic amines is 1. The van der Waals surface area contributed by atoms with E-state index in [0.29, 0.717) is 0 Å². The number of nitrogens with zero attached hydrogens (tertiary/aromatic N) is 1. The zero-order valence-corrected chi connectivity index (χ0v) is 12.9. The van der Waals surface area contributed by atoms with Gasteiger partial charge in [-0.05, 0) is 5.92 Å². The van der Waals surface area contributed by atoms with Gasteiger partial charge < -0.3 is 10.7 Å². The minimum Gasteiger partial charge on any atom is -0.345 e. The Balaban J connectivity index is 0.00000289. The van der Waals surface area contributed by atoms with Crippen LogP contribution < -0.4 is 5.73 Å². The van der Waals surface area contributed by atoms with Crippen molar-refractivity contribution < 1.29 is 8.78 Å². The van der Waals surface area contributed by atoms with Crippen molar-refractivity contribution in [3.05, 3.63) is 17.2 Å². The third-order valence-electron chi connectivity index (χ3n) is 2.69. The molecule has 0 radical (unpaired) electrons. The molecule has 3 nitrogen and oxygen atoms in total. The molecule has 1 unspecified atom stereocenters. The van der Waals surface area contributed by atoms with E-state index in [4.69, 9.17) is 5.73 Å². The highest BCUT2D eigenvalue weighted by atomic mass is 79.9. The lowest BCUT2D eigenvalue weighted by molar-refractivity contribution is 0.115. The fraction of sp³-hybridized carbons (Fsp3) is 0.750. The first-order chi connectivity index (χ1) is 7.82. The summed E-state index contributed by atoms with van der Waals surface area (Å²) < 4.78 is 24.9. The smallest absolute Gasteiger partial charge is 0.253 e. The maximum absolute atomic E-state index is 12.5. The van der Waals surface area contributed by atoms with Crippen molar-refractivity contribution in [1.29, 1.82) is 0 Å². The van der Waals surface area contributed by atoms with Crippen LogP contribution in [0, 0.1) is 0 Å². The SMILES string of the molecule is Br.CC(C)c1nc(C(C)C)c(CC(N)C(F)F)[nH]1. The molecule has 0 saturated carbocycles. The molecule has 0 fully saturated rings. The monoisotopic (exact) mass is 325 g/mol. The average molecular weight is 326 g/mol. The van der Waals surface area contributed by atoms with Crippen LogP contribution in [0.5, 0.6) is 0 Å². The third kappa shape index (κ3) is 4.31. The molecule has 1 rings (SSSR count). The summed E-state index contributed by atoms with van der Waals surface area (Å²) in [5, 5.41) is 0. The number of alkyl halides is 2. The molecule has 3 N–H and O–H groups in total. The fourth-order valence-electron chi connectivity index (χ4n) is 1.68. The molecule has 0 aromatic carbocycles. The van der Waals surface area contributed by atoms with Crippen LogP contribution in [0.15, 0.2) is 0 Å². The Morgan fingerprint density at radius 3 is 2.11 bits per heavy atom. The number of hydrogen-bond acceptors (Lipinski definition) is 2. The number of nitrogens with two attached hydrogens (primary N) is 1. The van der Waals surface area contributed by atoms with Crippen molar-refractivity contribution in [3.8, 4) is 0 Å². The second-order valence-corrected chi connectivity index (χ2v) is 5.00. The van der Waals surface area contributed by atoms with Crippen LogP contribution in [-0.4, -0.2) is 22.4 Å². The second kappa shape index (κ2) is 7.19. The fourth-order valence-corrected chi connectivity index (χ4v) is 1.68. The van der Waals surface area contributed by atoms with Gasteiger partial charge in [0, 0.05) is 18.0 Å². The third-order valence-corrected chi connectivity index (χ3v) is 2.69. The van der Waals surface area contributed by atoms with Crippen molar-refractivity contribution >= 4 is 17.0 Å². The summed E-state index contributed by atoms with van der Waals surface area (Å²) in [6, 6.07) is -1.13. The number of H-pyrrole nitrogens is 1. The number of imidazole rings is 1. The molecule has 0 spiro atoms. The molecule has 0 aliphatic carbocycles. The van der Waals surface area contributed by atoms with E-state index in [-0.39, 0.29) is 35.2 Å². The van der Waals surface area contributed by atoms with Crippen LogP contribution in [0.2, 0.25) is 0 Å². The molecule has 6 heteroatoms. The van der Waals surface area contributed by atoms with Gasteiger partial charge in [0.15, 0.2) is 0 Å². The van der Waals surface area contributed by atoms with Gasteiger partial charge in [0.25, 0.3) is 6.43 Å². The van der Waals surface area contributed by atoms with Crippen LogP contribution in [0.4, 0.5) is 8.78 Å². The number of halogens is 3. The lowest BCUT2D eigenvalue weighted by atomic mass is 10.0. The Labute approximate surface area is 117 Å². The minimum absolute atomic E-state index is 0. The quantitative estimate of drug-likeness (QED) is 0.872. The van der Waals surface area contributed by atoms with Gasteiger partial charge in [0.05, 0.1) is 11.7 Å². The molecular weight excluding hydrogens is 304 g/mol. The summed E-state index contributed by atoms with van der Waals surface area (Å²) in [5.41, 5.74) is 7.00. The van der Waals surface area contributed by atoms with E-state index < -0.39 is 12.5 Å². The van der Waals surface area contributed by atoms with E-state index in [1.165, 1.54) is 0 Å². The largest absolute Gasteiger partial charge is 0.345 e. The Hall–Kier alpha value is -0.490. The summed E-state index contributed by atoms with van der Waals surface area (Å²) in [7, 11) is 0. The molecule has 1 atom stereocenters. The maximum Gasteiger partial charge on any atom is 0.253 e. The van der Waals surface area contributed by atoms with Crippen LogP contribution in [0.3, 0.4) is 0 Å². The molecule has 0 aliphatic heterocycles. The zero-order valence-electron chi connectivity index (χ0n) is 11.2. The van der Waals surface area contributed by atoms with Gasteiger partial charge in [-0.15, -0.1) is 17.0 Å². The second-order valence-electron chi connectivity index (χ2n) is 5.00. The Morgan fingerprint density at radius 1 is 1.17 bits per heavy atom. The highest BCUT2D eigenvalue weighted by Gasteiger charge is 2.21. The Bertz CT molecular complexity index is 364. The van der Waals surface area contributed by atoms with Crippen LogP contribution >= 0.6 is 17.0 Å². The summed E-state index contributed by atoms with van der Waals surface area (Å²) in [4.78, 5) is 7.59. The first-order valence-electron chi connectivity index (χ1n) is 5.95. The van der Waals surface area contributed by atoms with Gasteiger partial charge in [0.1, 0.15) is 5.82 Å². The van der Waals surface area contributed by atoms with Crippen molar-refractivity contribution in [2.45, 2.75) is 58.4 Å². The van der Waals surface area contributed by atoms with E-state index in [2.05, 4.69) is 9.97 Å². The highest BCUT2D eigenvalue weighted by molar-refractivity contribution is 8.93. The van der Waals surface area contributed by atoms with Gasteiger partial charge in [-0.3, -0.25) is 0 Å². The van der Waals surface area contributed by atoms with Gasteiger partial charge in [-0.25, -0.2) is 13.8 Å². The lowest BCUT2D eigenvalue weighted by Gasteiger charge is -2.11. The van der Waals surface area contributed by atoms with Crippen molar-refractivity contribution in [1.82, 2.24) is 9.97 Å². The summed E-state index contributed by atoms with van der Waals surface area (Å²) in [6.07, 6.45) is -2.36. The predicted molar refractivity (Wildman–Crippen MR) is 74.8 cm³/mol. The zero-order chi connectivity index (χ0) is 13.2. The summed E-state index contributed by atoms with van der Waals surface area (Å²) in [6.45, 7) is 8.02. The van der Waals surface area contributed by atoms with E-state index in [1.807, 2.05) is 27.7 Å². The molecule has 0 aliphatic rings. The molecular formula is C12H22BrF2N3. The molecule has 1 aromatic heterocycles. The average Bonchev–Trinajstić information content (AvgIpc) is 2.61. The molecule has 0 saturated heterocycles. The normalized spacial score (nSPS) is 13.2. The van der Waals surface area contributed by atoms with Gasteiger partial charge >= 0.3 is 0 Å². The Kier molecular flexibility index (Phi) is 6.99. The summed E-state index contributed by atoms with van der Waals surface area (Å²) >= 11 is 0. The van der Waals surface area contributed by atoms with Crippen LogP contribution in [-0.2, 0) is 6.42 Å². The van der Waals surface area contributed by atoms with Crippen LogP contribution in [0.1, 0.15) is 56.7 Å². The van der Waals surface area contributed by atoms with Crippen LogP contribution in [0.25, 0.3) is 0 Å². The molecule has 0 amide bonds.